The highest BCUT2D eigenvalue weighted by Gasteiger charge is 2.74. The molecule has 12 bridgehead atoms. The van der Waals surface area contributed by atoms with Crippen molar-refractivity contribution in [3.8, 4) is 0 Å². The van der Waals surface area contributed by atoms with Crippen LogP contribution in [0, 0.1) is 23.7 Å². The van der Waals surface area contributed by atoms with Crippen molar-refractivity contribution >= 4 is 29.5 Å². The molecule has 0 aromatic carbocycles. The first-order valence-corrected chi connectivity index (χ1v) is 27.8. The Balaban J connectivity index is 0.727. The van der Waals surface area contributed by atoms with Crippen molar-refractivity contribution < 1.29 is 81.2 Å². The molecule has 18 heteroatoms. The molecule has 1 spiro atoms. The monoisotopic (exact) mass is 1040 g/mol. The second-order valence-electron chi connectivity index (χ2n) is 23.8. The molecule has 408 valence electrons. The lowest BCUT2D eigenvalue weighted by Crippen LogP contribution is -2.63. The summed E-state index contributed by atoms with van der Waals surface area (Å²) >= 11 is 0. The van der Waals surface area contributed by atoms with Crippen LogP contribution in [-0.4, -0.2) is 163 Å². The number of imide groups is 1. The van der Waals surface area contributed by atoms with E-state index in [1.54, 1.807) is 7.11 Å². The van der Waals surface area contributed by atoms with E-state index >= 15 is 0 Å². The number of hydrogen-bond donors (Lipinski definition) is 1. The summed E-state index contributed by atoms with van der Waals surface area (Å²) in [6, 6.07) is 0. The van der Waals surface area contributed by atoms with Gasteiger partial charge in [0.15, 0.2) is 5.79 Å². The van der Waals surface area contributed by atoms with Crippen molar-refractivity contribution in [2.75, 3.05) is 20.4 Å². The fraction of sp³-hybridized carbons (Fsp3) is 0.804. The van der Waals surface area contributed by atoms with Gasteiger partial charge in [-0.1, -0.05) is 20.1 Å². The van der Waals surface area contributed by atoms with Crippen LogP contribution >= 0.6 is 0 Å². The van der Waals surface area contributed by atoms with Crippen molar-refractivity contribution in [2.24, 2.45) is 23.7 Å². The molecule has 0 aromatic rings. The number of methoxy groups -OCH3 is 1. The van der Waals surface area contributed by atoms with Gasteiger partial charge >= 0.3 is 11.9 Å². The van der Waals surface area contributed by atoms with Crippen molar-refractivity contribution in [1.82, 2.24) is 4.90 Å². The summed E-state index contributed by atoms with van der Waals surface area (Å²) in [7, 11) is 1.60. The van der Waals surface area contributed by atoms with Crippen LogP contribution in [0.5, 0.6) is 0 Å². The number of carbonyl (C=O) groups is 5. The van der Waals surface area contributed by atoms with Gasteiger partial charge in [-0.2, -0.15) is 0 Å². The molecule has 1 saturated carbocycles. The first kappa shape index (κ1) is 52.6. The molecule has 12 rings (SSSR count). The molecule has 18 nitrogen and oxygen atoms in total. The molecule has 0 unspecified atom stereocenters. The SMILES string of the molecule is C=C1C[C@@H]2CC[C@@]34C[C@H]5O[C@H]6[C@@H](O3)[C@H]3O[C@H](CC[C@@H]3O[C@H]6[C@@]5(C)O4)CC(=O)C[C@@H]3[C@@H](OC)[C@@H](C[C@H](O)CCC(=O)OCOC(=O)C4CCC(CN5C(=O)C=CC5=O)CC4)O[C@H]3C[C@H]3O[C@@H](CC[C@@H]1O2)C[C@@H](C)C3=C. The number of aliphatic hydroxyl groups is 1. The number of esters is 2. The molecule has 0 aromatic heterocycles. The highest BCUT2D eigenvalue weighted by atomic mass is 16.8. The summed E-state index contributed by atoms with van der Waals surface area (Å²) in [4.78, 5) is 65.3. The Hall–Kier alpha value is -3.43. The third-order valence-electron chi connectivity index (χ3n) is 18.8. The van der Waals surface area contributed by atoms with Crippen LogP contribution in [0.1, 0.15) is 136 Å². The van der Waals surface area contributed by atoms with E-state index in [0.29, 0.717) is 64.3 Å². The molecule has 2 amide bonds. The van der Waals surface area contributed by atoms with Gasteiger partial charge in [0.2, 0.25) is 6.79 Å². The van der Waals surface area contributed by atoms with Crippen LogP contribution in [0.3, 0.4) is 0 Å². The van der Waals surface area contributed by atoms with E-state index in [9.17, 15) is 29.1 Å². The number of nitrogens with zero attached hydrogens (tertiary/aromatic N) is 1. The highest BCUT2D eigenvalue weighted by Crippen LogP contribution is 2.59. The summed E-state index contributed by atoms with van der Waals surface area (Å²) in [5, 5.41) is 11.4. The molecule has 11 fully saturated rings. The standard InChI is InChI=1S/C56H77NO17/c1-29-20-36-11-13-40-30(2)21-38(67-40)18-19-56-26-45-55(4,74-56)53-52(72-45)51(73-56)50-41(71-53)14-12-37(69-50)22-35(59)23-39-43(25-42(68-36)31(29)3)70-44(49(39)64-5)24-34(58)10-17-48(62)65-28-66-54(63)33-8-6-32(7-9-33)27-57-46(60)15-16-47(57)61/h15-16,29,32-34,36-45,49-53,58H,2-3,6-14,17-28H2,1,4-5H3/t29-,32?,33?,34-,36+,37-,38+,39+,40+,41+,42-,43+,44-,45-,49-,50+,51+,52+,53-,55+,56-/m1/s1. The van der Waals surface area contributed by atoms with E-state index in [2.05, 4.69) is 27.0 Å². The molecule has 11 aliphatic heterocycles. The summed E-state index contributed by atoms with van der Waals surface area (Å²) in [5.74, 6) is -3.01. The van der Waals surface area contributed by atoms with E-state index in [0.717, 1.165) is 43.3 Å². The maximum atomic E-state index is 14.4. The third kappa shape index (κ3) is 10.5. The molecule has 12 aliphatic rings. The summed E-state index contributed by atoms with van der Waals surface area (Å²) in [6.07, 6.45) is 7.06. The minimum absolute atomic E-state index is 0.0130. The lowest BCUT2D eigenvalue weighted by Gasteiger charge is -2.48. The zero-order valence-electron chi connectivity index (χ0n) is 43.3. The Morgan fingerprint density at radius 3 is 2.35 bits per heavy atom. The number of ketones is 1. The molecule has 11 heterocycles. The van der Waals surface area contributed by atoms with Crippen LogP contribution in [0.2, 0.25) is 0 Å². The van der Waals surface area contributed by atoms with Gasteiger partial charge in [0.05, 0.1) is 73.1 Å². The van der Waals surface area contributed by atoms with E-state index < -0.39 is 66.7 Å². The van der Waals surface area contributed by atoms with Crippen molar-refractivity contribution in [2.45, 2.75) is 239 Å². The number of aliphatic hydroxyl groups excluding tert-OH is 1. The first-order chi connectivity index (χ1) is 35.5. The average Bonchev–Trinajstić information content (AvgIpc) is 4.09. The minimum Gasteiger partial charge on any atom is -0.428 e. The molecule has 0 radical (unpaired) electrons. The molecule has 19 atom stereocenters. The Labute approximate surface area is 433 Å². The second-order valence-corrected chi connectivity index (χ2v) is 23.8. The summed E-state index contributed by atoms with van der Waals surface area (Å²) in [6.45, 7) is 13.0. The lowest BCUT2D eigenvalue weighted by atomic mass is 9.81. The first-order valence-electron chi connectivity index (χ1n) is 27.8. The zero-order valence-corrected chi connectivity index (χ0v) is 43.3. The topological polar surface area (TPSA) is 210 Å². The maximum Gasteiger partial charge on any atom is 0.311 e. The number of hydrogen-bond acceptors (Lipinski definition) is 17. The number of Topliss-reactive ketones (excluding diaryl/α,β-unsaturated/α-hetero) is 1. The highest BCUT2D eigenvalue weighted by molar-refractivity contribution is 6.12. The summed E-state index contributed by atoms with van der Waals surface area (Å²) in [5.41, 5.74) is 1.43. The van der Waals surface area contributed by atoms with Gasteiger partial charge in [-0.25, -0.2) is 0 Å². The van der Waals surface area contributed by atoms with Gasteiger partial charge in [-0.3, -0.25) is 28.9 Å². The van der Waals surface area contributed by atoms with Gasteiger partial charge < -0.3 is 57.2 Å². The van der Waals surface area contributed by atoms with Crippen LogP contribution in [0.25, 0.3) is 0 Å². The van der Waals surface area contributed by atoms with Gasteiger partial charge in [0.1, 0.15) is 35.8 Å². The van der Waals surface area contributed by atoms with Crippen molar-refractivity contribution in [3.05, 3.63) is 36.5 Å². The number of rotatable bonds is 11. The van der Waals surface area contributed by atoms with E-state index in [1.807, 2.05) is 0 Å². The molecule has 1 N–H and O–H groups in total. The fourth-order valence-electron chi connectivity index (χ4n) is 14.7. The lowest BCUT2D eigenvalue weighted by molar-refractivity contribution is -0.296. The Morgan fingerprint density at radius 1 is 0.811 bits per heavy atom. The van der Waals surface area contributed by atoms with Crippen LogP contribution < -0.4 is 0 Å². The number of carbonyl (C=O) groups excluding carboxylic acids is 5. The predicted octanol–water partition coefficient (Wildman–Crippen LogP) is 5.42. The Bertz CT molecular complexity index is 2190. The van der Waals surface area contributed by atoms with Gasteiger partial charge in [-0.05, 0) is 107 Å². The van der Waals surface area contributed by atoms with Crippen LogP contribution in [0.4, 0.5) is 0 Å². The molecular formula is C56H77NO17. The predicted molar refractivity (Wildman–Crippen MR) is 259 cm³/mol. The quantitative estimate of drug-likeness (QED) is 0.118. The minimum atomic E-state index is -0.974. The van der Waals surface area contributed by atoms with Crippen LogP contribution in [-0.2, 0) is 76.1 Å². The van der Waals surface area contributed by atoms with E-state index in [1.165, 1.54) is 17.1 Å². The molecule has 74 heavy (non-hydrogen) atoms. The smallest absolute Gasteiger partial charge is 0.311 e. The van der Waals surface area contributed by atoms with Gasteiger partial charge in [0.25, 0.3) is 11.8 Å². The number of fused-ring (bicyclic) bond motifs is 6. The molecular weight excluding hydrogens is 959 g/mol. The maximum absolute atomic E-state index is 14.4. The Kier molecular flexibility index (Phi) is 15.2. The van der Waals surface area contributed by atoms with E-state index in [-0.39, 0.29) is 128 Å². The normalized spacial score (nSPS) is 45.4. The van der Waals surface area contributed by atoms with Gasteiger partial charge in [-0.15, -0.1) is 0 Å². The van der Waals surface area contributed by atoms with Crippen LogP contribution in [0.15, 0.2) is 36.5 Å². The largest absolute Gasteiger partial charge is 0.428 e. The third-order valence-corrected chi connectivity index (χ3v) is 18.8. The van der Waals surface area contributed by atoms with E-state index in [4.69, 9.17) is 52.1 Å². The molecule has 1 aliphatic carbocycles. The number of amides is 2. The molecule has 10 saturated heterocycles. The van der Waals surface area contributed by atoms with Crippen molar-refractivity contribution in [3.63, 3.8) is 0 Å². The second kappa shape index (κ2) is 21.4. The summed E-state index contributed by atoms with van der Waals surface area (Å²) < 4.78 is 71.7. The van der Waals surface area contributed by atoms with Gasteiger partial charge in [0, 0.05) is 76.7 Å². The van der Waals surface area contributed by atoms with Crippen molar-refractivity contribution in [1.29, 1.82) is 0 Å². The number of ether oxygens (including phenoxy) is 11. The zero-order chi connectivity index (χ0) is 51.6. The fourth-order valence-corrected chi connectivity index (χ4v) is 14.7. The average molecular weight is 1040 g/mol. The Morgan fingerprint density at radius 2 is 1.57 bits per heavy atom.